The van der Waals surface area contributed by atoms with Gasteiger partial charge in [0.1, 0.15) is 12.2 Å². The van der Waals surface area contributed by atoms with Crippen molar-refractivity contribution in [3.63, 3.8) is 0 Å². The van der Waals surface area contributed by atoms with Crippen molar-refractivity contribution < 1.29 is 14.6 Å². The number of halogens is 2. The number of hydrogen-bond acceptors (Lipinski definition) is 3. The van der Waals surface area contributed by atoms with Crippen LogP contribution in [0.5, 0.6) is 0 Å². The van der Waals surface area contributed by atoms with Crippen LogP contribution in [0.25, 0.3) is 0 Å². The van der Waals surface area contributed by atoms with Crippen LogP contribution in [-0.4, -0.2) is 23.9 Å². The third-order valence-electron chi connectivity index (χ3n) is 3.99. The molecule has 0 saturated heterocycles. The number of nitrogens with one attached hydrogen (secondary N) is 2. The number of anilines is 1. The maximum absolute atomic E-state index is 12.5. The highest BCUT2D eigenvalue weighted by molar-refractivity contribution is 6.42. The van der Waals surface area contributed by atoms with Gasteiger partial charge in [-0.2, -0.15) is 0 Å². The second kappa shape index (κ2) is 8.29. The Balaban J connectivity index is 2.09. The highest BCUT2D eigenvalue weighted by Crippen LogP contribution is 2.25. The van der Waals surface area contributed by atoms with Gasteiger partial charge in [-0.25, -0.2) is 0 Å². The van der Waals surface area contributed by atoms with Crippen LogP contribution in [0.2, 0.25) is 10.0 Å². The number of quaternary nitrogens is 1. The van der Waals surface area contributed by atoms with E-state index < -0.39 is 11.0 Å². The van der Waals surface area contributed by atoms with E-state index in [1.54, 1.807) is 31.2 Å². The predicted octanol–water partition coefficient (Wildman–Crippen LogP) is 2.94. The summed E-state index contributed by atoms with van der Waals surface area (Å²) in [5.41, 5.74) is 0.869. The summed E-state index contributed by atoms with van der Waals surface area (Å²) in [7, 11) is 1.85. The molecule has 0 radical (unpaired) electrons. The van der Waals surface area contributed by atoms with Crippen LogP contribution >= 0.6 is 23.2 Å². The highest BCUT2D eigenvalue weighted by Gasteiger charge is 2.25. The quantitative estimate of drug-likeness (QED) is 0.595. The third kappa shape index (κ3) is 4.69. The summed E-state index contributed by atoms with van der Waals surface area (Å²) >= 11 is 12.2. The number of nitro benzene ring substituents is 1. The average molecular weight is 383 g/mol. The third-order valence-corrected chi connectivity index (χ3v) is 4.85. The minimum absolute atomic E-state index is 0.140. The van der Waals surface area contributed by atoms with Gasteiger partial charge in [-0.05, 0) is 19.1 Å². The molecule has 0 heterocycles. The number of carbonyl (C=O) groups is 1. The van der Waals surface area contributed by atoms with E-state index in [1.165, 1.54) is 12.1 Å². The van der Waals surface area contributed by atoms with Crippen molar-refractivity contribution in [3.05, 3.63) is 68.2 Å². The Morgan fingerprint density at radius 1 is 1.24 bits per heavy atom. The first-order valence-electron chi connectivity index (χ1n) is 7.60. The molecule has 25 heavy (non-hydrogen) atoms. The molecule has 1 amide bonds. The molecule has 0 fully saturated rings. The van der Waals surface area contributed by atoms with E-state index in [4.69, 9.17) is 23.2 Å². The van der Waals surface area contributed by atoms with E-state index >= 15 is 0 Å². The van der Waals surface area contributed by atoms with Gasteiger partial charge in [0.25, 0.3) is 11.6 Å². The Bertz CT molecular complexity index is 798. The van der Waals surface area contributed by atoms with E-state index in [2.05, 4.69) is 5.32 Å². The van der Waals surface area contributed by atoms with Crippen LogP contribution in [0, 0.1) is 10.1 Å². The van der Waals surface area contributed by atoms with Crippen molar-refractivity contribution in [1.82, 2.24) is 0 Å². The van der Waals surface area contributed by atoms with Crippen molar-refractivity contribution in [1.29, 1.82) is 0 Å². The van der Waals surface area contributed by atoms with E-state index in [9.17, 15) is 14.9 Å². The summed E-state index contributed by atoms with van der Waals surface area (Å²) < 4.78 is 0. The molecule has 0 aliphatic carbocycles. The summed E-state index contributed by atoms with van der Waals surface area (Å²) in [6.45, 7) is 2.24. The Morgan fingerprint density at radius 2 is 1.92 bits per heavy atom. The number of likely N-dealkylation sites (N-methyl/N-ethyl adjacent to an activating group) is 1. The topological polar surface area (TPSA) is 76.7 Å². The van der Waals surface area contributed by atoms with Crippen molar-refractivity contribution >= 4 is 40.5 Å². The second-order valence-electron chi connectivity index (χ2n) is 5.72. The standard InChI is InChI=1S/C17H17Cl2N3O3/c1-11(21(2)10-12-6-5-7-13(18)16(12)19)17(23)20-14-8-3-4-9-15(14)22(24)25/h3-9,11H,10H2,1-2H3,(H,20,23)/p+1/t11-/m0/s1. The SMILES string of the molecule is C[C@@H](C(=O)Nc1ccccc1[N+](=O)[O-])[NH+](C)Cc1cccc(Cl)c1Cl. The van der Waals surface area contributed by atoms with Gasteiger partial charge >= 0.3 is 0 Å². The Morgan fingerprint density at radius 3 is 2.60 bits per heavy atom. The Labute approximate surface area is 155 Å². The number of nitro groups is 1. The van der Waals surface area contributed by atoms with Gasteiger partial charge in [0.2, 0.25) is 0 Å². The van der Waals surface area contributed by atoms with Crippen LogP contribution in [0.4, 0.5) is 11.4 Å². The molecule has 2 aromatic rings. The molecule has 8 heteroatoms. The lowest BCUT2D eigenvalue weighted by atomic mass is 10.1. The molecule has 0 spiro atoms. The van der Waals surface area contributed by atoms with Crippen molar-refractivity contribution in [2.24, 2.45) is 0 Å². The van der Waals surface area contributed by atoms with E-state index in [0.717, 1.165) is 10.5 Å². The fourth-order valence-electron chi connectivity index (χ4n) is 2.34. The lowest BCUT2D eigenvalue weighted by Gasteiger charge is -2.21. The van der Waals surface area contributed by atoms with Crippen molar-refractivity contribution in [3.8, 4) is 0 Å². The van der Waals surface area contributed by atoms with Gasteiger partial charge in [0, 0.05) is 11.6 Å². The highest BCUT2D eigenvalue weighted by atomic mass is 35.5. The molecular weight excluding hydrogens is 365 g/mol. The molecule has 6 nitrogen and oxygen atoms in total. The van der Waals surface area contributed by atoms with Gasteiger partial charge < -0.3 is 10.2 Å². The fraction of sp³-hybridized carbons (Fsp3) is 0.235. The number of nitrogens with zero attached hydrogens (tertiary/aromatic N) is 1. The molecule has 2 aromatic carbocycles. The largest absolute Gasteiger partial charge is 0.324 e. The van der Waals surface area contributed by atoms with Crippen LogP contribution in [0.3, 0.4) is 0 Å². The summed E-state index contributed by atoms with van der Waals surface area (Å²) in [5.74, 6) is -0.315. The summed E-state index contributed by atoms with van der Waals surface area (Å²) in [5, 5.41) is 14.6. The summed E-state index contributed by atoms with van der Waals surface area (Å²) in [4.78, 5) is 23.8. The maximum Gasteiger partial charge on any atom is 0.292 e. The molecule has 0 aliphatic heterocycles. The number of carbonyl (C=O) groups excluding carboxylic acids is 1. The molecule has 0 aliphatic rings. The maximum atomic E-state index is 12.5. The van der Waals surface area contributed by atoms with Crippen LogP contribution in [-0.2, 0) is 11.3 Å². The minimum Gasteiger partial charge on any atom is -0.324 e. The summed E-state index contributed by atoms with van der Waals surface area (Å²) in [6.07, 6.45) is 0. The Hall–Kier alpha value is -2.15. The summed E-state index contributed by atoms with van der Waals surface area (Å²) in [6, 6.07) is 10.9. The molecule has 132 valence electrons. The molecule has 1 unspecified atom stereocenters. The van der Waals surface area contributed by atoms with E-state index in [1.807, 2.05) is 13.1 Å². The zero-order valence-electron chi connectivity index (χ0n) is 13.8. The normalized spacial score (nSPS) is 13.1. The van der Waals surface area contributed by atoms with Crippen molar-refractivity contribution in [2.45, 2.75) is 19.5 Å². The van der Waals surface area contributed by atoms with Gasteiger partial charge in [-0.1, -0.05) is 47.5 Å². The first-order valence-corrected chi connectivity index (χ1v) is 8.36. The number of rotatable bonds is 6. The average Bonchev–Trinajstić information content (AvgIpc) is 2.58. The van der Waals surface area contributed by atoms with Gasteiger partial charge in [-0.3, -0.25) is 14.9 Å². The van der Waals surface area contributed by atoms with Crippen molar-refractivity contribution in [2.75, 3.05) is 12.4 Å². The molecule has 2 atom stereocenters. The molecule has 0 aromatic heterocycles. The van der Waals surface area contributed by atoms with Gasteiger partial charge in [-0.15, -0.1) is 0 Å². The second-order valence-corrected chi connectivity index (χ2v) is 6.51. The van der Waals surface area contributed by atoms with Gasteiger partial charge in [0.15, 0.2) is 6.04 Å². The predicted molar refractivity (Wildman–Crippen MR) is 98.2 cm³/mol. The zero-order valence-corrected chi connectivity index (χ0v) is 15.3. The molecule has 0 saturated carbocycles. The lowest BCUT2D eigenvalue weighted by molar-refractivity contribution is -0.907. The first kappa shape index (κ1) is 19.2. The van der Waals surface area contributed by atoms with E-state index in [-0.39, 0.29) is 17.3 Å². The van der Waals surface area contributed by atoms with Crippen LogP contribution < -0.4 is 10.2 Å². The number of benzene rings is 2. The minimum atomic E-state index is -0.525. The molecular formula is C17H18Cl2N3O3+. The number of para-hydroxylation sites is 2. The molecule has 2 N–H and O–H groups in total. The number of hydrogen-bond donors (Lipinski definition) is 2. The molecule has 0 bridgehead atoms. The lowest BCUT2D eigenvalue weighted by Crippen LogP contribution is -3.12. The smallest absolute Gasteiger partial charge is 0.292 e. The first-order chi connectivity index (χ1) is 11.8. The fourth-order valence-corrected chi connectivity index (χ4v) is 2.73. The monoisotopic (exact) mass is 382 g/mol. The molecule has 2 rings (SSSR count). The number of amides is 1. The van der Waals surface area contributed by atoms with E-state index in [0.29, 0.717) is 16.6 Å². The zero-order chi connectivity index (χ0) is 18.6. The van der Waals surface area contributed by atoms with Gasteiger partial charge in [0.05, 0.1) is 22.0 Å². The van der Waals surface area contributed by atoms with Crippen LogP contribution in [0.1, 0.15) is 12.5 Å². The Kier molecular flexibility index (Phi) is 6.36. The van der Waals surface area contributed by atoms with Crippen LogP contribution in [0.15, 0.2) is 42.5 Å².